The zero-order valence-corrected chi connectivity index (χ0v) is 7.84. The van der Waals surface area contributed by atoms with Gasteiger partial charge in [-0.15, -0.1) is 0 Å². The number of rotatable bonds is 0. The first-order chi connectivity index (χ1) is 1.00. The summed E-state index contributed by atoms with van der Waals surface area (Å²) in [5.41, 5.74) is 0. The normalized spacial score (nSPS) is 1.00. The Kier molecular flexibility index (Phi) is 96.7. The maximum atomic E-state index is 2.08. The molecule has 4 heavy (non-hydrogen) atoms. The SMILES string of the molecule is P.[BH2][W].[Co]. The first-order valence-electron chi connectivity index (χ1n) is 0.408. The van der Waals surface area contributed by atoms with Crippen LogP contribution in [0.15, 0.2) is 0 Å². The van der Waals surface area contributed by atoms with Gasteiger partial charge in [0.2, 0.25) is 0 Å². The first kappa shape index (κ1) is 17.3. The third-order valence-electron chi connectivity index (χ3n) is 0. The van der Waals surface area contributed by atoms with E-state index in [0.29, 0.717) is 0 Å². The predicted octanol–water partition coefficient (Wildman–Crippen LogP) is -0.863. The third-order valence-corrected chi connectivity index (χ3v) is 0. The van der Waals surface area contributed by atoms with Gasteiger partial charge in [0.25, 0.3) is 0 Å². The minimum atomic E-state index is 0. The summed E-state index contributed by atoms with van der Waals surface area (Å²) in [4.78, 5) is 0. The molecule has 0 N–H and O–H groups in total. The Morgan fingerprint density at radius 2 is 1.25 bits per heavy atom. The van der Waals surface area contributed by atoms with E-state index in [1.54, 1.807) is 19.6 Å². The van der Waals surface area contributed by atoms with Crippen molar-refractivity contribution in [3.8, 4) is 0 Å². The second-order valence-corrected chi connectivity index (χ2v) is 0. The van der Waals surface area contributed by atoms with E-state index in [2.05, 4.69) is 6.11 Å². The van der Waals surface area contributed by atoms with E-state index in [0.717, 1.165) is 0 Å². The van der Waals surface area contributed by atoms with Crippen molar-refractivity contribution in [2.24, 2.45) is 0 Å². The van der Waals surface area contributed by atoms with Crippen LogP contribution in [0.25, 0.3) is 0 Å². The molecule has 0 amide bonds. The van der Waals surface area contributed by atoms with Crippen molar-refractivity contribution >= 4 is 16.0 Å². The summed E-state index contributed by atoms with van der Waals surface area (Å²) in [5, 5.41) is 0. The fraction of sp³-hybridized carbons (Fsp3) is 0. The third kappa shape index (κ3) is 9.35. The fourth-order valence-electron chi connectivity index (χ4n) is 0. The summed E-state index contributed by atoms with van der Waals surface area (Å²) >= 11 is 1.58. The summed E-state index contributed by atoms with van der Waals surface area (Å²) in [6, 6.07) is 0. The molecule has 28 valence electrons. The maximum absolute atomic E-state index is 2.08. The van der Waals surface area contributed by atoms with E-state index in [9.17, 15) is 0 Å². The van der Waals surface area contributed by atoms with Crippen LogP contribution in [0, 0.1) is 0 Å². The van der Waals surface area contributed by atoms with Crippen LogP contribution in [0.1, 0.15) is 0 Å². The standard InChI is InChI=1S/BH2.Co.H3P.W/h1H2;;1H3;/q+1;;;-1. The van der Waals surface area contributed by atoms with Gasteiger partial charge in [0.15, 0.2) is 0 Å². The molecular weight excluding hydrogens is 285 g/mol. The summed E-state index contributed by atoms with van der Waals surface area (Å²) in [5.74, 6) is 0. The summed E-state index contributed by atoms with van der Waals surface area (Å²) < 4.78 is 0. The van der Waals surface area contributed by atoms with Gasteiger partial charge < -0.3 is 0 Å². The van der Waals surface area contributed by atoms with Gasteiger partial charge in [-0.25, -0.2) is 0 Å². The molecule has 0 heterocycles. The second kappa shape index (κ2) is 22.4. The smallest absolute Gasteiger partial charge is 0 e. The minimum absolute atomic E-state index is 0. The molecule has 0 rings (SSSR count). The monoisotopic (exact) mass is 290 g/mol. The molecule has 0 saturated heterocycles. The van der Waals surface area contributed by atoms with Crippen LogP contribution in [-0.4, -0.2) is 6.11 Å². The Bertz CT molecular complexity index is 8.00. The molecule has 1 atom stereocenters. The maximum Gasteiger partial charge on any atom is 0 e. The molecule has 0 aliphatic heterocycles. The van der Waals surface area contributed by atoms with Crippen LogP contribution in [0.2, 0.25) is 0 Å². The molecule has 0 aromatic heterocycles. The van der Waals surface area contributed by atoms with Gasteiger partial charge >= 0.3 is 25.7 Å². The van der Waals surface area contributed by atoms with E-state index in [4.69, 9.17) is 0 Å². The van der Waals surface area contributed by atoms with Crippen molar-refractivity contribution in [2.75, 3.05) is 0 Å². The molecule has 0 spiro atoms. The van der Waals surface area contributed by atoms with Crippen molar-refractivity contribution < 1.29 is 36.4 Å². The quantitative estimate of drug-likeness (QED) is 0.402. The molecule has 0 aliphatic carbocycles. The van der Waals surface area contributed by atoms with E-state index in [1.807, 2.05) is 0 Å². The molecule has 1 radical (unpaired) electrons. The number of hydrogen-bond donors (Lipinski definition) is 0. The molecule has 0 aromatic carbocycles. The Labute approximate surface area is 52.4 Å². The molecule has 0 bridgehead atoms. The average Bonchev–Trinajstić information content (AvgIpc) is 1.00. The first-order valence-corrected chi connectivity index (χ1v) is 3.34. The van der Waals surface area contributed by atoms with Crippen molar-refractivity contribution in [1.29, 1.82) is 0 Å². The van der Waals surface area contributed by atoms with Crippen LogP contribution in [-0.2, 0) is 36.4 Å². The molecule has 0 aromatic rings. The van der Waals surface area contributed by atoms with Gasteiger partial charge in [0.1, 0.15) is 0 Å². The largest absolute Gasteiger partial charge is 0 e. The van der Waals surface area contributed by atoms with Crippen LogP contribution in [0.4, 0.5) is 0 Å². The van der Waals surface area contributed by atoms with Crippen molar-refractivity contribution in [1.82, 2.24) is 0 Å². The molecule has 0 fully saturated rings. The van der Waals surface area contributed by atoms with Gasteiger partial charge in [0, 0.05) is 16.8 Å². The van der Waals surface area contributed by atoms with Gasteiger partial charge in [-0.2, -0.15) is 9.90 Å². The second-order valence-electron chi connectivity index (χ2n) is 0. The van der Waals surface area contributed by atoms with Crippen molar-refractivity contribution in [2.45, 2.75) is 0 Å². The predicted molar refractivity (Wildman–Crippen MR) is 19.6 cm³/mol. The van der Waals surface area contributed by atoms with E-state index in [-0.39, 0.29) is 26.7 Å². The molecule has 0 nitrogen and oxygen atoms in total. The minimum Gasteiger partial charge on any atom is 0 e. The number of hydrogen-bond acceptors (Lipinski definition) is 0. The van der Waals surface area contributed by atoms with E-state index < -0.39 is 0 Å². The van der Waals surface area contributed by atoms with Crippen molar-refractivity contribution in [3.63, 3.8) is 0 Å². The average molecular weight is 290 g/mol. The van der Waals surface area contributed by atoms with Gasteiger partial charge in [-0.1, -0.05) is 0 Å². The summed E-state index contributed by atoms with van der Waals surface area (Å²) in [6.07, 6.45) is 2.08. The summed E-state index contributed by atoms with van der Waals surface area (Å²) in [7, 11) is 0. The Morgan fingerprint density at radius 1 is 1.25 bits per heavy atom. The molecule has 0 saturated carbocycles. The summed E-state index contributed by atoms with van der Waals surface area (Å²) in [6.45, 7) is 0. The Balaban J connectivity index is -0.00000000500. The molecule has 1 unspecified atom stereocenters. The molecule has 0 aliphatic rings. The zero-order chi connectivity index (χ0) is 2.00. The van der Waals surface area contributed by atoms with Gasteiger partial charge in [-0.3, -0.25) is 0 Å². The topological polar surface area (TPSA) is 0 Å². The fourth-order valence-corrected chi connectivity index (χ4v) is 0. The van der Waals surface area contributed by atoms with Crippen LogP contribution >= 0.6 is 9.90 Å². The molecule has 4 heteroatoms. The van der Waals surface area contributed by atoms with E-state index in [1.165, 1.54) is 0 Å². The van der Waals surface area contributed by atoms with Crippen LogP contribution < -0.4 is 0 Å². The van der Waals surface area contributed by atoms with Crippen LogP contribution in [0.5, 0.6) is 0 Å². The van der Waals surface area contributed by atoms with Gasteiger partial charge in [-0.05, 0) is 0 Å². The Morgan fingerprint density at radius 3 is 1.25 bits per heavy atom. The van der Waals surface area contributed by atoms with Gasteiger partial charge in [0.05, 0.1) is 0 Å². The van der Waals surface area contributed by atoms with Crippen LogP contribution in [0.3, 0.4) is 0 Å². The molecular formula is H5BCoPW. The Hall–Kier alpha value is 1.69. The van der Waals surface area contributed by atoms with E-state index >= 15 is 0 Å². The zero-order valence-electron chi connectivity index (χ0n) is 2.45. The van der Waals surface area contributed by atoms with Crippen molar-refractivity contribution in [3.05, 3.63) is 0 Å².